The maximum Gasteiger partial charge on any atom is 0.266 e. The average molecular weight is 365 g/mol. The number of nitrogens with zero attached hydrogens (tertiary/aromatic N) is 3. The summed E-state index contributed by atoms with van der Waals surface area (Å²) >= 11 is 0. The van der Waals surface area contributed by atoms with Gasteiger partial charge in [-0.3, -0.25) is 4.31 Å². The lowest BCUT2D eigenvalue weighted by atomic mass is 10.1. The Labute approximate surface area is 153 Å². The molecule has 0 N–H and O–H groups in total. The molecule has 4 rings (SSSR count). The molecule has 0 fully saturated rings. The van der Waals surface area contributed by atoms with Crippen LogP contribution in [-0.2, 0) is 16.4 Å². The maximum atomic E-state index is 12.9. The summed E-state index contributed by atoms with van der Waals surface area (Å²) in [4.78, 5) is 6.94. The number of rotatable bonds is 3. The number of aliphatic imine (C=N–C) groups is 1. The first-order valence-corrected chi connectivity index (χ1v) is 9.87. The van der Waals surface area contributed by atoms with Gasteiger partial charge in [0.15, 0.2) is 5.84 Å². The highest BCUT2D eigenvalue weighted by atomic mass is 32.2. The average Bonchev–Trinajstić information content (AvgIpc) is 2.75. The first-order valence-electron chi connectivity index (χ1n) is 8.43. The van der Waals surface area contributed by atoms with Gasteiger partial charge >= 0.3 is 0 Å². The van der Waals surface area contributed by atoms with Crippen LogP contribution in [0.4, 0.5) is 5.69 Å². The van der Waals surface area contributed by atoms with Gasteiger partial charge in [0.05, 0.1) is 11.4 Å². The van der Waals surface area contributed by atoms with Gasteiger partial charge in [-0.05, 0) is 36.3 Å². The number of para-hydroxylation sites is 1. The first-order chi connectivity index (χ1) is 12.6. The third-order valence-electron chi connectivity index (χ3n) is 4.57. The molecule has 0 saturated carbocycles. The molecule has 0 radical (unpaired) electrons. The fourth-order valence-corrected chi connectivity index (χ4v) is 4.46. The SMILES string of the molecule is CN1C2=CC=CN(CCc3ccccc3)C2=Nc2ccccc2S1(=O)=O. The summed E-state index contributed by atoms with van der Waals surface area (Å²) in [6, 6.07) is 17.1. The second kappa shape index (κ2) is 6.46. The van der Waals surface area contributed by atoms with E-state index in [-0.39, 0.29) is 4.90 Å². The van der Waals surface area contributed by atoms with Crippen LogP contribution >= 0.6 is 0 Å². The van der Waals surface area contributed by atoms with Crippen molar-refractivity contribution in [1.82, 2.24) is 9.21 Å². The molecule has 2 aromatic carbocycles. The monoisotopic (exact) mass is 365 g/mol. The van der Waals surface area contributed by atoms with Gasteiger partial charge < -0.3 is 4.90 Å². The van der Waals surface area contributed by atoms with Crippen molar-refractivity contribution in [3.63, 3.8) is 0 Å². The van der Waals surface area contributed by atoms with Gasteiger partial charge in [-0.1, -0.05) is 42.5 Å². The number of hydrogen-bond donors (Lipinski definition) is 0. The smallest absolute Gasteiger partial charge is 0.266 e. The Morgan fingerprint density at radius 2 is 1.73 bits per heavy atom. The van der Waals surface area contributed by atoms with Crippen LogP contribution in [0.3, 0.4) is 0 Å². The quantitative estimate of drug-likeness (QED) is 0.839. The number of sulfonamides is 1. The van der Waals surface area contributed by atoms with Crippen molar-refractivity contribution < 1.29 is 8.42 Å². The summed E-state index contributed by atoms with van der Waals surface area (Å²) in [7, 11) is -2.05. The van der Waals surface area contributed by atoms with Crippen molar-refractivity contribution in [3.05, 3.63) is 84.2 Å². The van der Waals surface area contributed by atoms with Gasteiger partial charge in [0.2, 0.25) is 0 Å². The van der Waals surface area contributed by atoms with Crippen LogP contribution < -0.4 is 0 Å². The fraction of sp³-hybridized carbons (Fsp3) is 0.150. The summed E-state index contributed by atoms with van der Waals surface area (Å²) in [5, 5.41) is 0. The zero-order valence-corrected chi connectivity index (χ0v) is 15.2. The van der Waals surface area contributed by atoms with Gasteiger partial charge in [0.1, 0.15) is 4.90 Å². The Morgan fingerprint density at radius 1 is 1.00 bits per heavy atom. The van der Waals surface area contributed by atoms with Crippen LogP contribution in [0.2, 0.25) is 0 Å². The van der Waals surface area contributed by atoms with Crippen molar-refractivity contribution in [2.24, 2.45) is 4.99 Å². The third-order valence-corrected chi connectivity index (χ3v) is 6.39. The van der Waals surface area contributed by atoms with Crippen LogP contribution in [-0.4, -0.2) is 37.1 Å². The molecular weight excluding hydrogens is 346 g/mol. The van der Waals surface area contributed by atoms with Crippen molar-refractivity contribution in [2.75, 3.05) is 13.6 Å². The van der Waals surface area contributed by atoms with Crippen molar-refractivity contribution in [2.45, 2.75) is 11.3 Å². The molecule has 132 valence electrons. The molecule has 26 heavy (non-hydrogen) atoms. The van der Waals surface area contributed by atoms with E-state index in [2.05, 4.69) is 12.1 Å². The van der Waals surface area contributed by atoms with Crippen LogP contribution in [0.25, 0.3) is 0 Å². The van der Waals surface area contributed by atoms with Crippen LogP contribution in [0, 0.1) is 0 Å². The van der Waals surface area contributed by atoms with Crippen LogP contribution in [0.5, 0.6) is 0 Å². The standard InChI is InChI=1S/C20H19N3O2S/c1-22-18-11-7-14-23(15-13-16-8-3-2-4-9-16)20(18)21-17-10-5-6-12-19(17)26(22,24)25/h2-12,14H,13,15H2,1H3. The van der Waals surface area contributed by atoms with Gasteiger partial charge in [0, 0.05) is 19.8 Å². The molecule has 0 amide bonds. The molecule has 0 bridgehead atoms. The summed E-state index contributed by atoms with van der Waals surface area (Å²) in [6.45, 7) is 0.715. The highest BCUT2D eigenvalue weighted by Crippen LogP contribution is 2.34. The third kappa shape index (κ3) is 2.82. The second-order valence-electron chi connectivity index (χ2n) is 6.20. The predicted octanol–water partition coefficient (Wildman–Crippen LogP) is 3.31. The first kappa shape index (κ1) is 16.6. The van der Waals surface area contributed by atoms with E-state index in [1.807, 2.05) is 35.4 Å². The van der Waals surface area contributed by atoms with Crippen LogP contribution in [0.15, 0.2) is 88.5 Å². The topological polar surface area (TPSA) is 53.0 Å². The molecule has 0 aromatic heterocycles. The summed E-state index contributed by atoms with van der Waals surface area (Å²) < 4.78 is 27.2. The lowest BCUT2D eigenvalue weighted by molar-refractivity contribution is 0.511. The van der Waals surface area contributed by atoms with E-state index < -0.39 is 10.0 Å². The molecule has 2 aliphatic heterocycles. The van der Waals surface area contributed by atoms with Gasteiger partial charge in [-0.15, -0.1) is 0 Å². The molecule has 0 aliphatic carbocycles. The second-order valence-corrected chi connectivity index (χ2v) is 8.14. The number of fused-ring (bicyclic) bond motifs is 2. The Balaban J connectivity index is 1.73. The zero-order valence-electron chi connectivity index (χ0n) is 14.4. The van der Waals surface area contributed by atoms with Crippen LogP contribution in [0.1, 0.15) is 5.56 Å². The zero-order chi connectivity index (χ0) is 18.1. The summed E-state index contributed by atoms with van der Waals surface area (Å²) in [5.74, 6) is 0.652. The van der Waals surface area contributed by atoms with E-state index in [0.717, 1.165) is 6.42 Å². The van der Waals surface area contributed by atoms with Gasteiger partial charge in [0.25, 0.3) is 10.0 Å². The Kier molecular flexibility index (Phi) is 4.12. The van der Waals surface area contributed by atoms with E-state index >= 15 is 0 Å². The Hall–Kier alpha value is -2.86. The highest BCUT2D eigenvalue weighted by Gasteiger charge is 2.33. The molecule has 2 heterocycles. The normalized spacial score (nSPS) is 17.7. The minimum absolute atomic E-state index is 0.230. The molecule has 2 aliphatic rings. The number of allylic oxidation sites excluding steroid dienone is 2. The van der Waals surface area contributed by atoms with Crippen molar-refractivity contribution in [1.29, 1.82) is 0 Å². The van der Waals surface area contributed by atoms with Crippen molar-refractivity contribution in [3.8, 4) is 0 Å². The summed E-state index contributed by atoms with van der Waals surface area (Å²) in [6.07, 6.45) is 6.44. The predicted molar refractivity (Wildman–Crippen MR) is 103 cm³/mol. The van der Waals surface area contributed by atoms with E-state index in [1.165, 1.54) is 9.87 Å². The molecule has 5 nitrogen and oxygen atoms in total. The maximum absolute atomic E-state index is 12.9. The number of hydrogen-bond acceptors (Lipinski definition) is 4. The van der Waals surface area contributed by atoms with E-state index in [9.17, 15) is 8.42 Å². The highest BCUT2D eigenvalue weighted by molar-refractivity contribution is 7.89. The number of amidine groups is 1. The molecule has 0 atom stereocenters. The fourth-order valence-electron chi connectivity index (χ4n) is 3.13. The molecular formula is C20H19N3O2S. The van der Waals surface area contributed by atoms with Gasteiger partial charge in [-0.25, -0.2) is 13.4 Å². The Morgan fingerprint density at radius 3 is 2.54 bits per heavy atom. The minimum atomic E-state index is -3.63. The lowest BCUT2D eigenvalue weighted by Crippen LogP contribution is -2.38. The number of benzene rings is 2. The van der Waals surface area contributed by atoms with Crippen molar-refractivity contribution >= 4 is 21.5 Å². The lowest BCUT2D eigenvalue weighted by Gasteiger charge is -2.29. The van der Waals surface area contributed by atoms with E-state index in [1.54, 1.807) is 37.4 Å². The largest absolute Gasteiger partial charge is 0.331 e. The molecule has 0 saturated heterocycles. The molecule has 6 heteroatoms. The summed E-state index contributed by atoms with van der Waals surface area (Å²) in [5.41, 5.74) is 2.28. The van der Waals surface area contributed by atoms with Gasteiger partial charge in [-0.2, -0.15) is 0 Å². The van der Waals surface area contributed by atoms with E-state index in [0.29, 0.717) is 23.8 Å². The van der Waals surface area contributed by atoms with E-state index in [4.69, 9.17) is 4.99 Å². The molecule has 0 unspecified atom stereocenters. The number of likely N-dealkylation sites (N-methyl/N-ethyl adjacent to an activating group) is 1. The molecule has 0 spiro atoms. The molecule has 2 aromatic rings. The minimum Gasteiger partial charge on any atom is -0.331 e. The Bertz CT molecular complexity index is 1020.